The Morgan fingerprint density at radius 2 is 1.73 bits per heavy atom. The molecule has 1 aromatic rings. The van der Waals surface area contributed by atoms with Crippen LogP contribution in [0.4, 0.5) is 0 Å². The lowest BCUT2D eigenvalue weighted by Gasteiger charge is -1.93. The van der Waals surface area contributed by atoms with Crippen LogP contribution in [0.2, 0.25) is 0 Å². The van der Waals surface area contributed by atoms with Gasteiger partial charge in [0.2, 0.25) is 0 Å². The molecule has 0 N–H and O–H groups in total. The Bertz CT molecular complexity index is 362. The second kappa shape index (κ2) is 6.53. The fourth-order valence-corrected chi connectivity index (χ4v) is 0.987. The lowest BCUT2D eigenvalue weighted by Crippen LogP contribution is -2.25. The highest BCUT2D eigenvalue weighted by Crippen LogP contribution is 1.97. The normalized spacial score (nSPS) is 10.4. The number of hydrogen-bond acceptors (Lipinski definition) is 3. The molecule has 1 rings (SSSR count). The number of aryl methyl sites for hydroxylation is 2. The van der Waals surface area contributed by atoms with Gasteiger partial charge in [0.15, 0.2) is 12.4 Å². The molecule has 0 radical (unpaired) electrons. The van der Waals surface area contributed by atoms with Gasteiger partial charge in [-0.25, -0.2) is 13.0 Å². The van der Waals surface area contributed by atoms with E-state index < -0.39 is 10.1 Å². The molecule has 86 valence electrons. The molecule has 0 aliphatic rings. The van der Waals surface area contributed by atoms with Gasteiger partial charge < -0.3 is 4.55 Å². The molecular formula is C10H17NO3S. The summed E-state index contributed by atoms with van der Waals surface area (Å²) in [6, 6.07) is 4.34. The average molecular weight is 231 g/mol. The van der Waals surface area contributed by atoms with Crippen LogP contribution in [0.25, 0.3) is 0 Å². The Labute approximate surface area is 91.3 Å². The number of aromatic nitrogens is 1. The summed E-state index contributed by atoms with van der Waals surface area (Å²) >= 11 is 0. The van der Waals surface area contributed by atoms with Crippen LogP contribution in [-0.4, -0.2) is 19.2 Å². The van der Waals surface area contributed by atoms with E-state index in [1.165, 1.54) is 18.4 Å². The van der Waals surface area contributed by atoms with Crippen molar-refractivity contribution >= 4 is 10.1 Å². The summed E-state index contributed by atoms with van der Waals surface area (Å²) in [5.74, 6) is 0. The van der Waals surface area contributed by atoms with Gasteiger partial charge in [-0.15, -0.1) is 0 Å². The van der Waals surface area contributed by atoms with Gasteiger partial charge in [-0.1, -0.05) is 13.3 Å². The third kappa shape index (κ3) is 11.0. The van der Waals surface area contributed by atoms with Crippen LogP contribution in [0.1, 0.15) is 18.9 Å². The molecule has 0 fully saturated rings. The molecule has 0 aromatic carbocycles. The Balaban J connectivity index is 0.000000336. The van der Waals surface area contributed by atoms with Crippen LogP contribution in [0, 0.1) is 0 Å². The maximum Gasteiger partial charge on any atom is 0.168 e. The summed E-state index contributed by atoms with van der Waals surface area (Å²) in [4.78, 5) is 0. The zero-order valence-corrected chi connectivity index (χ0v) is 10.1. The Kier molecular flexibility index (Phi) is 6.12. The van der Waals surface area contributed by atoms with Crippen molar-refractivity contribution in [2.45, 2.75) is 19.8 Å². The molecule has 15 heavy (non-hydrogen) atoms. The van der Waals surface area contributed by atoms with E-state index in [2.05, 4.69) is 36.0 Å². The second-order valence-electron chi connectivity index (χ2n) is 3.33. The second-order valence-corrected chi connectivity index (χ2v) is 4.73. The zero-order chi connectivity index (χ0) is 11.9. The molecule has 0 amide bonds. The van der Waals surface area contributed by atoms with Crippen molar-refractivity contribution in [2.75, 3.05) is 6.26 Å². The van der Waals surface area contributed by atoms with E-state index in [4.69, 9.17) is 13.0 Å². The minimum absolute atomic E-state index is 0.604. The molecule has 0 saturated carbocycles. The summed E-state index contributed by atoms with van der Waals surface area (Å²) in [7, 11) is -1.88. The average Bonchev–Trinajstić information content (AvgIpc) is 2.06. The molecule has 5 heteroatoms. The van der Waals surface area contributed by atoms with Gasteiger partial charge in [-0.2, -0.15) is 0 Å². The molecular weight excluding hydrogens is 214 g/mol. The van der Waals surface area contributed by atoms with Crippen molar-refractivity contribution in [1.82, 2.24) is 0 Å². The minimum Gasteiger partial charge on any atom is -0.748 e. The predicted octanol–water partition coefficient (Wildman–Crippen LogP) is 0.625. The molecule has 0 aliphatic heterocycles. The van der Waals surface area contributed by atoms with Crippen molar-refractivity contribution in [3.63, 3.8) is 0 Å². The Morgan fingerprint density at radius 3 is 2.07 bits per heavy atom. The first-order chi connectivity index (χ1) is 6.83. The van der Waals surface area contributed by atoms with Crippen molar-refractivity contribution in [2.24, 2.45) is 7.05 Å². The van der Waals surface area contributed by atoms with Gasteiger partial charge in [0.25, 0.3) is 0 Å². The largest absolute Gasteiger partial charge is 0.748 e. The summed E-state index contributed by atoms with van der Waals surface area (Å²) in [5, 5.41) is 0. The van der Waals surface area contributed by atoms with Crippen molar-refractivity contribution in [3.05, 3.63) is 30.1 Å². The highest BCUT2D eigenvalue weighted by atomic mass is 32.2. The summed E-state index contributed by atoms with van der Waals surface area (Å²) in [6.45, 7) is 2.20. The van der Waals surface area contributed by atoms with E-state index in [0.29, 0.717) is 6.26 Å². The van der Waals surface area contributed by atoms with Crippen LogP contribution in [-0.2, 0) is 23.6 Å². The predicted molar refractivity (Wildman–Crippen MR) is 57.2 cm³/mol. The lowest BCUT2D eigenvalue weighted by atomic mass is 10.2. The maximum atomic E-state index is 9.08. The first kappa shape index (κ1) is 14.1. The van der Waals surface area contributed by atoms with Gasteiger partial charge in [0.1, 0.15) is 7.05 Å². The highest BCUT2D eigenvalue weighted by molar-refractivity contribution is 7.84. The van der Waals surface area contributed by atoms with Crippen molar-refractivity contribution in [1.29, 1.82) is 0 Å². The molecule has 1 aromatic heterocycles. The van der Waals surface area contributed by atoms with E-state index >= 15 is 0 Å². The smallest absolute Gasteiger partial charge is 0.168 e. The number of hydrogen-bond donors (Lipinski definition) is 0. The number of rotatable bonds is 2. The van der Waals surface area contributed by atoms with Gasteiger partial charge >= 0.3 is 0 Å². The molecule has 0 aliphatic carbocycles. The van der Waals surface area contributed by atoms with E-state index in [-0.39, 0.29) is 0 Å². The number of nitrogens with zero attached hydrogens (tertiary/aromatic N) is 1. The summed E-state index contributed by atoms with van der Waals surface area (Å²) in [5.41, 5.74) is 1.43. The first-order valence-electron chi connectivity index (χ1n) is 4.68. The molecule has 0 spiro atoms. The monoisotopic (exact) mass is 231 g/mol. The van der Waals surface area contributed by atoms with Gasteiger partial charge in [-0.3, -0.25) is 0 Å². The standard InChI is InChI=1S/C9H14N.CH4O3S/c1-3-4-9-5-7-10(2)8-6-9;1-5(2,3)4/h5-8H,3-4H2,1-2H3;1H3,(H,2,3,4)/q+1;/p-1. The Morgan fingerprint density at radius 1 is 1.33 bits per heavy atom. The van der Waals surface area contributed by atoms with Gasteiger partial charge in [-0.05, 0) is 12.0 Å². The van der Waals surface area contributed by atoms with Gasteiger partial charge in [0.05, 0.1) is 10.1 Å². The molecule has 0 bridgehead atoms. The molecule has 4 nitrogen and oxygen atoms in total. The minimum atomic E-state index is -3.92. The fraction of sp³-hybridized carbons (Fsp3) is 0.500. The SMILES string of the molecule is CCCc1cc[n+](C)cc1.CS(=O)(=O)[O-]. The third-order valence-electron chi connectivity index (χ3n) is 1.59. The van der Waals surface area contributed by atoms with Crippen LogP contribution in [0.5, 0.6) is 0 Å². The van der Waals surface area contributed by atoms with E-state index in [1.807, 2.05) is 7.05 Å². The van der Waals surface area contributed by atoms with Crippen LogP contribution < -0.4 is 4.57 Å². The summed E-state index contributed by atoms with van der Waals surface area (Å²) in [6.07, 6.45) is 7.21. The van der Waals surface area contributed by atoms with Crippen molar-refractivity contribution < 1.29 is 17.5 Å². The van der Waals surface area contributed by atoms with Crippen LogP contribution in [0.15, 0.2) is 24.5 Å². The van der Waals surface area contributed by atoms with E-state index in [0.717, 1.165) is 0 Å². The molecule has 0 atom stereocenters. The quantitative estimate of drug-likeness (QED) is 0.554. The zero-order valence-electron chi connectivity index (χ0n) is 9.30. The first-order valence-corrected chi connectivity index (χ1v) is 6.49. The lowest BCUT2D eigenvalue weighted by molar-refractivity contribution is -0.671. The fourth-order valence-electron chi connectivity index (χ4n) is 0.987. The van der Waals surface area contributed by atoms with Crippen molar-refractivity contribution in [3.8, 4) is 0 Å². The van der Waals surface area contributed by atoms with E-state index in [9.17, 15) is 0 Å². The topological polar surface area (TPSA) is 61.1 Å². The van der Waals surface area contributed by atoms with E-state index in [1.54, 1.807) is 0 Å². The highest BCUT2D eigenvalue weighted by Gasteiger charge is 1.92. The van der Waals surface area contributed by atoms with Crippen LogP contribution >= 0.6 is 0 Å². The van der Waals surface area contributed by atoms with Gasteiger partial charge in [0, 0.05) is 18.4 Å². The summed E-state index contributed by atoms with van der Waals surface area (Å²) < 4.78 is 29.3. The Hall–Kier alpha value is -0.940. The molecule has 0 unspecified atom stereocenters. The molecule has 0 saturated heterocycles. The van der Waals surface area contributed by atoms with Crippen LogP contribution in [0.3, 0.4) is 0 Å². The third-order valence-corrected chi connectivity index (χ3v) is 1.59. The number of pyridine rings is 1. The molecule has 1 heterocycles. The maximum absolute atomic E-state index is 9.08.